The van der Waals surface area contributed by atoms with Gasteiger partial charge in [0.05, 0.1) is 0 Å². The molecule has 18 heavy (non-hydrogen) atoms. The van der Waals surface area contributed by atoms with Crippen LogP contribution < -0.4 is 5.32 Å². The summed E-state index contributed by atoms with van der Waals surface area (Å²) in [4.78, 5) is 4.39. The lowest BCUT2D eigenvalue weighted by Crippen LogP contribution is -2.52. The number of hydrogen-bond acceptors (Lipinski definition) is 3. The van der Waals surface area contributed by atoms with Gasteiger partial charge in [-0.1, -0.05) is 0 Å². The highest BCUT2D eigenvalue weighted by Gasteiger charge is 2.53. The molecule has 2 nitrogen and oxygen atoms in total. The van der Waals surface area contributed by atoms with Crippen LogP contribution in [0.1, 0.15) is 45.4 Å². The van der Waals surface area contributed by atoms with E-state index in [0.29, 0.717) is 11.5 Å². The van der Waals surface area contributed by atoms with Gasteiger partial charge in [-0.2, -0.15) is 0 Å². The maximum atomic E-state index is 4.39. The molecular formula is C15H22N2S. The Morgan fingerprint density at radius 2 is 1.83 bits per heavy atom. The third-order valence-electron chi connectivity index (χ3n) is 5.78. The van der Waals surface area contributed by atoms with E-state index in [-0.39, 0.29) is 0 Å². The average Bonchev–Trinajstić information content (AvgIpc) is 2.79. The summed E-state index contributed by atoms with van der Waals surface area (Å²) in [6.07, 6.45) is 10.9. The normalized spacial score (nSPS) is 43.1. The quantitative estimate of drug-likeness (QED) is 0.884. The van der Waals surface area contributed by atoms with Crippen LogP contribution in [0.3, 0.4) is 0 Å². The lowest BCUT2D eigenvalue weighted by atomic mass is 9.48. The van der Waals surface area contributed by atoms with Gasteiger partial charge in [0.15, 0.2) is 5.13 Å². The molecule has 1 aromatic rings. The van der Waals surface area contributed by atoms with Crippen molar-refractivity contribution in [3.8, 4) is 0 Å². The van der Waals surface area contributed by atoms with Gasteiger partial charge >= 0.3 is 0 Å². The highest BCUT2D eigenvalue weighted by molar-refractivity contribution is 7.13. The van der Waals surface area contributed by atoms with Crippen molar-refractivity contribution in [2.24, 2.45) is 23.2 Å². The maximum Gasteiger partial charge on any atom is 0.182 e. The summed E-state index contributed by atoms with van der Waals surface area (Å²) in [5.41, 5.74) is 0.584. The number of hydrogen-bond donors (Lipinski definition) is 1. The highest BCUT2D eigenvalue weighted by atomic mass is 32.1. The lowest BCUT2D eigenvalue weighted by Gasteiger charge is -2.59. The molecule has 5 rings (SSSR count). The van der Waals surface area contributed by atoms with Crippen LogP contribution in [-0.4, -0.2) is 11.0 Å². The van der Waals surface area contributed by atoms with Crippen molar-refractivity contribution in [3.63, 3.8) is 0 Å². The van der Waals surface area contributed by atoms with E-state index >= 15 is 0 Å². The average molecular weight is 262 g/mol. The minimum Gasteiger partial charge on any atom is -0.359 e. The Kier molecular flexibility index (Phi) is 2.48. The van der Waals surface area contributed by atoms with Crippen molar-refractivity contribution in [2.45, 2.75) is 51.5 Å². The lowest BCUT2D eigenvalue weighted by molar-refractivity contribution is -0.0602. The Balaban J connectivity index is 1.56. The Bertz CT molecular complexity index is 390. The molecule has 1 aromatic heterocycles. The molecule has 0 aromatic carbocycles. The first kappa shape index (κ1) is 11.3. The van der Waals surface area contributed by atoms with Gasteiger partial charge in [0.1, 0.15) is 0 Å². The van der Waals surface area contributed by atoms with Crippen LogP contribution in [0, 0.1) is 23.2 Å². The summed E-state index contributed by atoms with van der Waals surface area (Å²) in [7, 11) is 0. The number of thiazole rings is 1. The molecule has 1 N–H and O–H groups in total. The molecule has 3 heteroatoms. The topological polar surface area (TPSA) is 24.9 Å². The van der Waals surface area contributed by atoms with Gasteiger partial charge in [0, 0.05) is 17.6 Å². The van der Waals surface area contributed by atoms with Crippen molar-refractivity contribution in [1.29, 1.82) is 0 Å². The number of anilines is 1. The van der Waals surface area contributed by atoms with Crippen molar-refractivity contribution in [2.75, 3.05) is 5.32 Å². The maximum absolute atomic E-state index is 4.39. The van der Waals surface area contributed by atoms with E-state index < -0.39 is 0 Å². The highest BCUT2D eigenvalue weighted by Crippen LogP contribution is 2.61. The van der Waals surface area contributed by atoms with Crippen molar-refractivity contribution in [1.82, 2.24) is 4.98 Å². The molecule has 0 radical (unpaired) electrons. The van der Waals surface area contributed by atoms with Gasteiger partial charge in [-0.25, -0.2) is 4.98 Å². The Labute approximate surface area is 113 Å². The van der Waals surface area contributed by atoms with Crippen LogP contribution in [0.2, 0.25) is 0 Å². The zero-order valence-electron chi connectivity index (χ0n) is 11.1. The van der Waals surface area contributed by atoms with Crippen LogP contribution in [0.4, 0.5) is 5.13 Å². The molecule has 1 heterocycles. The van der Waals surface area contributed by atoms with E-state index in [1.165, 1.54) is 38.5 Å². The number of rotatable bonds is 3. The monoisotopic (exact) mass is 262 g/mol. The van der Waals surface area contributed by atoms with Crippen molar-refractivity contribution >= 4 is 16.5 Å². The van der Waals surface area contributed by atoms with E-state index in [0.717, 1.165) is 22.9 Å². The largest absolute Gasteiger partial charge is 0.359 e. The predicted octanol–water partition coefficient (Wildman–Crippen LogP) is 4.16. The van der Waals surface area contributed by atoms with Crippen LogP contribution in [0.5, 0.6) is 0 Å². The molecule has 4 aliphatic carbocycles. The zero-order valence-corrected chi connectivity index (χ0v) is 11.9. The molecule has 4 bridgehead atoms. The summed E-state index contributed by atoms with van der Waals surface area (Å²) < 4.78 is 0. The minimum atomic E-state index is 0.584. The summed E-state index contributed by atoms with van der Waals surface area (Å²) >= 11 is 1.73. The molecule has 0 spiro atoms. The van der Waals surface area contributed by atoms with Crippen LogP contribution >= 0.6 is 11.3 Å². The third-order valence-corrected chi connectivity index (χ3v) is 6.48. The first-order valence-corrected chi connectivity index (χ1v) is 8.27. The van der Waals surface area contributed by atoms with Crippen molar-refractivity contribution in [3.05, 3.63) is 11.6 Å². The Hall–Kier alpha value is -0.570. The molecule has 98 valence electrons. The fraction of sp³-hybridized carbons (Fsp3) is 0.800. The summed E-state index contributed by atoms with van der Waals surface area (Å²) in [5, 5.41) is 6.86. The molecular weight excluding hydrogens is 240 g/mol. The molecule has 0 saturated heterocycles. The predicted molar refractivity (Wildman–Crippen MR) is 75.8 cm³/mol. The second kappa shape index (κ2) is 3.96. The number of nitrogens with one attached hydrogen (secondary N) is 1. The summed E-state index contributed by atoms with van der Waals surface area (Å²) in [6.45, 7) is 2.40. The van der Waals surface area contributed by atoms with Gasteiger partial charge < -0.3 is 5.32 Å². The Morgan fingerprint density at radius 1 is 1.22 bits per heavy atom. The summed E-state index contributed by atoms with van der Waals surface area (Å²) in [5.74, 6) is 3.12. The van der Waals surface area contributed by atoms with Gasteiger partial charge in [-0.3, -0.25) is 0 Å². The fourth-order valence-electron chi connectivity index (χ4n) is 5.34. The first-order valence-electron chi connectivity index (χ1n) is 7.39. The van der Waals surface area contributed by atoms with Gasteiger partial charge in [0.25, 0.3) is 0 Å². The molecule has 1 unspecified atom stereocenters. The Morgan fingerprint density at radius 3 is 2.33 bits per heavy atom. The molecule has 1 atom stereocenters. The molecule has 0 aliphatic heterocycles. The van der Waals surface area contributed by atoms with E-state index in [4.69, 9.17) is 0 Å². The van der Waals surface area contributed by atoms with Gasteiger partial charge in [-0.05, 0) is 68.6 Å². The van der Waals surface area contributed by atoms with E-state index in [2.05, 4.69) is 22.6 Å². The SMILES string of the molecule is CC(Nc1nccs1)C12CC3CC(CC(C3)C1)C2. The van der Waals surface area contributed by atoms with Gasteiger partial charge in [-0.15, -0.1) is 11.3 Å². The number of aromatic nitrogens is 1. The van der Waals surface area contributed by atoms with E-state index in [1.54, 1.807) is 11.3 Å². The second-order valence-corrected chi connectivity index (χ2v) is 7.88. The summed E-state index contributed by atoms with van der Waals surface area (Å²) in [6, 6.07) is 0.594. The molecule has 4 aliphatic rings. The first-order chi connectivity index (χ1) is 8.73. The van der Waals surface area contributed by atoms with E-state index in [1.807, 2.05) is 6.20 Å². The van der Waals surface area contributed by atoms with Crippen LogP contribution in [0.15, 0.2) is 11.6 Å². The van der Waals surface area contributed by atoms with E-state index in [9.17, 15) is 0 Å². The van der Waals surface area contributed by atoms with Crippen LogP contribution in [0.25, 0.3) is 0 Å². The zero-order chi connectivity index (χ0) is 12.2. The molecule has 0 amide bonds. The third kappa shape index (κ3) is 1.70. The minimum absolute atomic E-state index is 0.584. The fourth-order valence-corrected chi connectivity index (χ4v) is 5.96. The smallest absolute Gasteiger partial charge is 0.182 e. The second-order valence-electron chi connectivity index (χ2n) is 6.98. The standard InChI is InChI=1S/C15H22N2S/c1-10(17-14-16-2-3-18-14)15-7-11-4-12(8-15)6-13(5-11)9-15/h2-3,10-13H,4-9H2,1H3,(H,16,17). The van der Waals surface area contributed by atoms with Crippen LogP contribution in [-0.2, 0) is 0 Å². The van der Waals surface area contributed by atoms with Gasteiger partial charge in [0.2, 0.25) is 0 Å². The molecule has 4 saturated carbocycles. The number of nitrogens with zero attached hydrogens (tertiary/aromatic N) is 1. The molecule has 4 fully saturated rings. The van der Waals surface area contributed by atoms with Crippen molar-refractivity contribution < 1.29 is 0 Å².